The van der Waals surface area contributed by atoms with Crippen LogP contribution in [0.3, 0.4) is 0 Å². The molecule has 4 nitrogen and oxygen atoms in total. The molecule has 3 aromatic carbocycles. The van der Waals surface area contributed by atoms with E-state index in [0.717, 1.165) is 16.2 Å². The molecule has 0 saturated carbocycles. The van der Waals surface area contributed by atoms with E-state index in [2.05, 4.69) is 5.32 Å². The molecule has 1 atom stereocenters. The molecule has 4 rings (SSSR count). The molecule has 0 aliphatic carbocycles. The van der Waals surface area contributed by atoms with E-state index in [1.165, 1.54) is 0 Å². The fourth-order valence-electron chi connectivity index (χ4n) is 3.45. The highest BCUT2D eigenvalue weighted by molar-refractivity contribution is 6.30. The molecule has 5 heteroatoms. The van der Waals surface area contributed by atoms with Gasteiger partial charge in [-0.05, 0) is 35.9 Å². The van der Waals surface area contributed by atoms with Gasteiger partial charge in [-0.1, -0.05) is 60.1 Å². The first-order chi connectivity index (χ1) is 12.6. The summed E-state index contributed by atoms with van der Waals surface area (Å²) < 4.78 is 0. The SMILES string of the molecule is O=C1Nc2ccccc2[C@@]1(Cc1ccc(Cl)cc1)N(O)c1ccccc1. The zero-order chi connectivity index (χ0) is 18.1. The first kappa shape index (κ1) is 16.6. The Kier molecular flexibility index (Phi) is 4.15. The van der Waals surface area contributed by atoms with Gasteiger partial charge in [-0.15, -0.1) is 0 Å². The number of benzene rings is 3. The molecule has 1 aliphatic heterocycles. The Hall–Kier alpha value is -2.82. The van der Waals surface area contributed by atoms with Gasteiger partial charge >= 0.3 is 0 Å². The molecule has 1 heterocycles. The molecule has 0 fully saturated rings. The number of anilines is 2. The molecule has 3 aromatic rings. The van der Waals surface area contributed by atoms with Crippen molar-refractivity contribution in [1.29, 1.82) is 0 Å². The molecule has 1 amide bonds. The maximum absolute atomic E-state index is 13.1. The highest BCUT2D eigenvalue weighted by Crippen LogP contribution is 2.44. The molecule has 0 bridgehead atoms. The number of nitrogens with one attached hydrogen (secondary N) is 1. The van der Waals surface area contributed by atoms with Crippen molar-refractivity contribution in [3.63, 3.8) is 0 Å². The third kappa shape index (κ3) is 2.64. The topological polar surface area (TPSA) is 52.6 Å². The van der Waals surface area contributed by atoms with Crippen LogP contribution < -0.4 is 10.4 Å². The lowest BCUT2D eigenvalue weighted by molar-refractivity contribution is -0.123. The van der Waals surface area contributed by atoms with Gasteiger partial charge in [0.25, 0.3) is 5.91 Å². The number of hydrogen-bond acceptors (Lipinski definition) is 3. The van der Waals surface area contributed by atoms with Crippen LogP contribution in [0.25, 0.3) is 0 Å². The van der Waals surface area contributed by atoms with Gasteiger partial charge in [0.05, 0.1) is 5.69 Å². The van der Waals surface area contributed by atoms with Gasteiger partial charge < -0.3 is 5.32 Å². The predicted octanol–water partition coefficient (Wildman–Crippen LogP) is 4.63. The standard InChI is InChI=1S/C21H17ClN2O2/c22-16-12-10-15(11-13-16)14-21(24(26)17-6-2-1-3-7-17)18-8-4-5-9-19(18)23-20(21)25/h1-13,26H,14H2,(H,23,25)/t21-/m1/s1. The largest absolute Gasteiger partial charge is 0.323 e. The van der Waals surface area contributed by atoms with Crippen LogP contribution in [0.5, 0.6) is 0 Å². The number of nitrogens with zero attached hydrogens (tertiary/aromatic N) is 1. The number of fused-ring (bicyclic) bond motifs is 1. The van der Waals surface area contributed by atoms with Crippen LogP contribution in [0.2, 0.25) is 5.02 Å². The normalized spacial score (nSPS) is 18.3. The predicted molar refractivity (Wildman–Crippen MR) is 103 cm³/mol. The van der Waals surface area contributed by atoms with Crippen molar-refractivity contribution in [2.45, 2.75) is 12.0 Å². The maximum Gasteiger partial charge on any atom is 0.257 e. The average molecular weight is 365 g/mol. The molecule has 0 radical (unpaired) electrons. The van der Waals surface area contributed by atoms with E-state index in [-0.39, 0.29) is 5.91 Å². The minimum atomic E-state index is -1.26. The van der Waals surface area contributed by atoms with Crippen molar-refractivity contribution in [2.75, 3.05) is 10.4 Å². The van der Waals surface area contributed by atoms with Crippen LogP contribution in [0.1, 0.15) is 11.1 Å². The fourth-order valence-corrected chi connectivity index (χ4v) is 3.57. The van der Waals surface area contributed by atoms with Crippen LogP contribution in [0.4, 0.5) is 11.4 Å². The Morgan fingerprint density at radius 2 is 1.58 bits per heavy atom. The summed E-state index contributed by atoms with van der Waals surface area (Å²) in [7, 11) is 0. The number of hydrogen-bond donors (Lipinski definition) is 2. The van der Waals surface area contributed by atoms with Crippen molar-refractivity contribution in [3.8, 4) is 0 Å². The molecular formula is C21H17ClN2O2. The van der Waals surface area contributed by atoms with E-state index in [0.29, 0.717) is 22.8 Å². The molecule has 1 aliphatic rings. The van der Waals surface area contributed by atoms with Crippen LogP contribution in [-0.4, -0.2) is 11.1 Å². The first-order valence-electron chi connectivity index (χ1n) is 8.31. The van der Waals surface area contributed by atoms with Crippen molar-refractivity contribution in [3.05, 3.63) is 95.0 Å². The Morgan fingerprint density at radius 3 is 2.31 bits per heavy atom. The lowest BCUT2D eigenvalue weighted by atomic mass is 9.84. The molecule has 0 saturated heterocycles. The summed E-state index contributed by atoms with van der Waals surface area (Å²) in [6.07, 6.45) is 0.304. The second kappa shape index (κ2) is 6.48. The average Bonchev–Trinajstić information content (AvgIpc) is 2.96. The number of carbonyl (C=O) groups is 1. The van der Waals surface area contributed by atoms with Crippen molar-refractivity contribution >= 4 is 28.9 Å². The highest BCUT2D eigenvalue weighted by atomic mass is 35.5. The summed E-state index contributed by atoms with van der Waals surface area (Å²) in [6.45, 7) is 0. The molecule has 2 N–H and O–H groups in total. The summed E-state index contributed by atoms with van der Waals surface area (Å²) in [5.74, 6) is -0.264. The minimum Gasteiger partial charge on any atom is -0.323 e. The monoisotopic (exact) mass is 364 g/mol. The van der Waals surface area contributed by atoms with Crippen molar-refractivity contribution < 1.29 is 10.0 Å². The van der Waals surface area contributed by atoms with Gasteiger partial charge in [0.2, 0.25) is 0 Å². The Morgan fingerprint density at radius 1 is 0.923 bits per heavy atom. The second-order valence-corrected chi connectivity index (χ2v) is 6.75. The number of para-hydroxylation sites is 2. The summed E-state index contributed by atoms with van der Waals surface area (Å²) in [5.41, 5.74) is 1.64. The maximum atomic E-state index is 13.1. The van der Waals surface area contributed by atoms with Crippen LogP contribution in [0.15, 0.2) is 78.9 Å². The zero-order valence-corrected chi connectivity index (χ0v) is 14.6. The van der Waals surface area contributed by atoms with Crippen molar-refractivity contribution in [2.24, 2.45) is 0 Å². The third-order valence-electron chi connectivity index (χ3n) is 4.73. The molecule has 0 aromatic heterocycles. The van der Waals surface area contributed by atoms with Gasteiger partial charge in [-0.2, -0.15) is 0 Å². The lowest BCUT2D eigenvalue weighted by Crippen LogP contribution is -2.51. The van der Waals surface area contributed by atoms with E-state index in [4.69, 9.17) is 11.6 Å². The minimum absolute atomic E-state index is 0.264. The second-order valence-electron chi connectivity index (χ2n) is 6.31. The van der Waals surface area contributed by atoms with Crippen molar-refractivity contribution in [1.82, 2.24) is 0 Å². The van der Waals surface area contributed by atoms with E-state index in [1.807, 2.05) is 54.6 Å². The summed E-state index contributed by atoms with van der Waals surface area (Å²) >= 11 is 5.99. The summed E-state index contributed by atoms with van der Waals surface area (Å²) in [6, 6.07) is 23.8. The van der Waals surface area contributed by atoms with E-state index < -0.39 is 5.54 Å². The number of halogens is 1. The molecule has 0 spiro atoms. The molecular weight excluding hydrogens is 348 g/mol. The van der Waals surface area contributed by atoms with Crippen LogP contribution >= 0.6 is 11.6 Å². The van der Waals surface area contributed by atoms with E-state index in [1.54, 1.807) is 24.3 Å². The van der Waals surface area contributed by atoms with Gasteiger partial charge in [0.15, 0.2) is 5.54 Å². The van der Waals surface area contributed by atoms with E-state index in [9.17, 15) is 10.0 Å². The summed E-state index contributed by atoms with van der Waals surface area (Å²) in [4.78, 5) is 13.1. The van der Waals surface area contributed by atoms with Gasteiger partial charge in [0.1, 0.15) is 0 Å². The summed E-state index contributed by atoms with van der Waals surface area (Å²) in [5, 5.41) is 15.8. The molecule has 130 valence electrons. The quantitative estimate of drug-likeness (QED) is 0.664. The highest BCUT2D eigenvalue weighted by Gasteiger charge is 2.51. The smallest absolute Gasteiger partial charge is 0.257 e. The van der Waals surface area contributed by atoms with Gasteiger partial charge in [0, 0.05) is 22.7 Å². The number of carbonyl (C=O) groups excluding carboxylic acids is 1. The van der Waals surface area contributed by atoms with Crippen LogP contribution in [0, 0.1) is 0 Å². The molecule has 0 unspecified atom stereocenters. The molecule has 26 heavy (non-hydrogen) atoms. The zero-order valence-electron chi connectivity index (χ0n) is 13.9. The number of amides is 1. The Labute approximate surface area is 156 Å². The number of rotatable bonds is 4. The Bertz CT molecular complexity index is 944. The van der Waals surface area contributed by atoms with Gasteiger partial charge in [-0.3, -0.25) is 10.0 Å². The third-order valence-corrected chi connectivity index (χ3v) is 4.98. The van der Waals surface area contributed by atoms with E-state index >= 15 is 0 Å². The lowest BCUT2D eigenvalue weighted by Gasteiger charge is -2.36. The van der Waals surface area contributed by atoms with Gasteiger partial charge in [-0.25, -0.2) is 5.06 Å². The Balaban J connectivity index is 1.87. The van der Waals surface area contributed by atoms with Crippen LogP contribution in [-0.2, 0) is 16.8 Å². The first-order valence-corrected chi connectivity index (χ1v) is 8.68. The fraction of sp³-hybridized carbons (Fsp3) is 0.0952. The number of hydroxylamine groups is 1.